The maximum Gasteiger partial charge on any atom is 0.137 e. The minimum Gasteiger partial charge on any atom is -0.370 e. The van der Waals surface area contributed by atoms with Crippen molar-refractivity contribution < 1.29 is 0 Å². The fourth-order valence-corrected chi connectivity index (χ4v) is 2.87. The number of rotatable bonds is 5. The van der Waals surface area contributed by atoms with Crippen molar-refractivity contribution >= 4 is 23.0 Å². The van der Waals surface area contributed by atoms with Crippen LogP contribution in [0, 0.1) is 6.92 Å². The second kappa shape index (κ2) is 6.02. The summed E-state index contributed by atoms with van der Waals surface area (Å²) in [6, 6.07) is 4.55. The summed E-state index contributed by atoms with van der Waals surface area (Å²) < 4.78 is 0. The Labute approximate surface area is 118 Å². The molecule has 0 aliphatic heterocycles. The highest BCUT2D eigenvalue weighted by molar-refractivity contribution is 7.10. The van der Waals surface area contributed by atoms with E-state index in [0.717, 1.165) is 23.7 Å². The van der Waals surface area contributed by atoms with Crippen LogP contribution in [0.3, 0.4) is 0 Å². The average molecular weight is 276 g/mol. The fourth-order valence-electron chi connectivity index (χ4n) is 2.05. The van der Waals surface area contributed by atoms with Crippen molar-refractivity contribution in [2.24, 2.45) is 0 Å². The van der Waals surface area contributed by atoms with Gasteiger partial charge in [-0.1, -0.05) is 6.07 Å². The number of hydrogen-bond acceptors (Lipinski definition) is 5. The molecule has 4 nitrogen and oxygen atoms in total. The maximum atomic E-state index is 4.43. The van der Waals surface area contributed by atoms with E-state index >= 15 is 0 Å². The SMILES string of the molecule is CCNc1ncnc(N(C)C(C)c2cccs2)c1C. The van der Waals surface area contributed by atoms with E-state index in [1.54, 1.807) is 17.7 Å². The molecule has 0 saturated heterocycles. The van der Waals surface area contributed by atoms with E-state index in [1.807, 2.05) is 0 Å². The first kappa shape index (κ1) is 13.8. The van der Waals surface area contributed by atoms with Crippen LogP contribution >= 0.6 is 11.3 Å². The smallest absolute Gasteiger partial charge is 0.137 e. The zero-order valence-corrected chi connectivity index (χ0v) is 12.7. The normalized spacial score (nSPS) is 12.2. The lowest BCUT2D eigenvalue weighted by Crippen LogP contribution is -2.23. The van der Waals surface area contributed by atoms with Gasteiger partial charge in [0.25, 0.3) is 0 Å². The van der Waals surface area contributed by atoms with Crippen LogP contribution in [0.15, 0.2) is 23.8 Å². The van der Waals surface area contributed by atoms with Crippen LogP contribution in [0.4, 0.5) is 11.6 Å². The van der Waals surface area contributed by atoms with Gasteiger partial charge in [0.1, 0.15) is 18.0 Å². The van der Waals surface area contributed by atoms with Crippen LogP contribution in [-0.2, 0) is 0 Å². The lowest BCUT2D eigenvalue weighted by Gasteiger charge is -2.27. The van der Waals surface area contributed by atoms with Crippen LogP contribution in [-0.4, -0.2) is 23.6 Å². The van der Waals surface area contributed by atoms with E-state index in [1.165, 1.54) is 4.88 Å². The van der Waals surface area contributed by atoms with Gasteiger partial charge in [0, 0.05) is 24.0 Å². The topological polar surface area (TPSA) is 41.1 Å². The largest absolute Gasteiger partial charge is 0.370 e. The number of nitrogens with zero attached hydrogens (tertiary/aromatic N) is 3. The molecule has 0 aliphatic rings. The maximum absolute atomic E-state index is 4.43. The van der Waals surface area contributed by atoms with Gasteiger partial charge in [-0.2, -0.15) is 0 Å². The minimum absolute atomic E-state index is 0.308. The first-order valence-electron chi connectivity index (χ1n) is 6.46. The minimum atomic E-state index is 0.308. The van der Waals surface area contributed by atoms with E-state index in [0.29, 0.717) is 6.04 Å². The van der Waals surface area contributed by atoms with E-state index in [4.69, 9.17) is 0 Å². The van der Waals surface area contributed by atoms with Crippen molar-refractivity contribution in [2.75, 3.05) is 23.8 Å². The molecule has 1 N–H and O–H groups in total. The first-order chi connectivity index (χ1) is 9.15. The molecule has 0 aliphatic carbocycles. The van der Waals surface area contributed by atoms with Crippen LogP contribution in [0.2, 0.25) is 0 Å². The standard InChI is InChI=1S/C14H20N4S/c1-5-15-13-10(2)14(17-9-16-13)18(4)11(3)12-7-6-8-19-12/h6-9,11H,5H2,1-4H3,(H,15,16,17). The molecule has 0 spiro atoms. The highest BCUT2D eigenvalue weighted by Gasteiger charge is 2.17. The van der Waals surface area contributed by atoms with Crippen LogP contribution in [0.5, 0.6) is 0 Å². The average Bonchev–Trinajstić information content (AvgIpc) is 2.94. The summed E-state index contributed by atoms with van der Waals surface area (Å²) >= 11 is 1.77. The molecule has 2 aromatic heterocycles. The first-order valence-corrected chi connectivity index (χ1v) is 7.34. The van der Waals surface area contributed by atoms with Gasteiger partial charge in [-0.3, -0.25) is 0 Å². The molecule has 0 saturated carbocycles. The van der Waals surface area contributed by atoms with Gasteiger partial charge in [0.05, 0.1) is 6.04 Å². The van der Waals surface area contributed by atoms with Crippen LogP contribution < -0.4 is 10.2 Å². The Balaban J connectivity index is 2.28. The molecule has 0 amide bonds. The number of thiophene rings is 1. The number of anilines is 2. The quantitative estimate of drug-likeness (QED) is 0.908. The van der Waals surface area contributed by atoms with Gasteiger partial charge in [-0.05, 0) is 32.2 Å². The Kier molecular flexibility index (Phi) is 4.37. The summed E-state index contributed by atoms with van der Waals surface area (Å²) in [5.41, 5.74) is 1.09. The fraction of sp³-hybridized carbons (Fsp3) is 0.429. The van der Waals surface area contributed by atoms with Gasteiger partial charge in [0.2, 0.25) is 0 Å². The summed E-state index contributed by atoms with van der Waals surface area (Å²) in [5, 5.41) is 5.38. The lowest BCUT2D eigenvalue weighted by atomic mass is 10.2. The third-order valence-electron chi connectivity index (χ3n) is 3.27. The summed E-state index contributed by atoms with van der Waals surface area (Å²) in [6.45, 7) is 7.19. The zero-order valence-electron chi connectivity index (χ0n) is 11.8. The van der Waals surface area contributed by atoms with Crippen molar-refractivity contribution in [2.45, 2.75) is 26.8 Å². The van der Waals surface area contributed by atoms with E-state index in [2.05, 4.69) is 65.5 Å². The van der Waals surface area contributed by atoms with Crippen LogP contribution in [0.25, 0.3) is 0 Å². The summed E-state index contributed by atoms with van der Waals surface area (Å²) in [5.74, 6) is 1.89. The highest BCUT2D eigenvalue weighted by Crippen LogP contribution is 2.30. The Morgan fingerprint density at radius 1 is 1.42 bits per heavy atom. The van der Waals surface area contributed by atoms with Gasteiger partial charge in [-0.25, -0.2) is 9.97 Å². The second-order valence-corrected chi connectivity index (χ2v) is 5.48. The van der Waals surface area contributed by atoms with Crippen molar-refractivity contribution in [1.82, 2.24) is 9.97 Å². The molecular formula is C14H20N4S. The Bertz CT molecular complexity index is 524. The molecule has 0 aromatic carbocycles. The number of nitrogens with one attached hydrogen (secondary N) is 1. The zero-order chi connectivity index (χ0) is 13.8. The molecule has 1 unspecified atom stereocenters. The van der Waals surface area contributed by atoms with Gasteiger partial charge in [-0.15, -0.1) is 11.3 Å². The Morgan fingerprint density at radius 3 is 2.84 bits per heavy atom. The molecule has 5 heteroatoms. The van der Waals surface area contributed by atoms with Gasteiger partial charge in [0.15, 0.2) is 0 Å². The highest BCUT2D eigenvalue weighted by atomic mass is 32.1. The van der Waals surface area contributed by atoms with E-state index in [9.17, 15) is 0 Å². The molecule has 1 atom stereocenters. The second-order valence-electron chi connectivity index (χ2n) is 4.50. The molecule has 2 aromatic rings. The van der Waals surface area contributed by atoms with Gasteiger partial charge < -0.3 is 10.2 Å². The lowest BCUT2D eigenvalue weighted by molar-refractivity contribution is 0.737. The molecular weight excluding hydrogens is 256 g/mol. The summed E-state index contributed by atoms with van der Waals surface area (Å²) in [6.07, 6.45) is 1.62. The molecule has 0 fully saturated rings. The van der Waals surface area contributed by atoms with Crippen molar-refractivity contribution in [3.8, 4) is 0 Å². The Morgan fingerprint density at radius 2 is 2.21 bits per heavy atom. The Hall–Kier alpha value is -1.62. The molecule has 2 rings (SSSR count). The molecule has 102 valence electrons. The van der Waals surface area contributed by atoms with E-state index < -0.39 is 0 Å². The molecule has 2 heterocycles. The number of hydrogen-bond donors (Lipinski definition) is 1. The number of aromatic nitrogens is 2. The van der Waals surface area contributed by atoms with Crippen LogP contribution in [0.1, 0.15) is 30.3 Å². The third kappa shape index (κ3) is 2.87. The predicted octanol–water partition coefficient (Wildman–Crippen LogP) is 3.48. The molecule has 0 radical (unpaired) electrons. The third-order valence-corrected chi connectivity index (χ3v) is 4.31. The molecule has 19 heavy (non-hydrogen) atoms. The van der Waals surface area contributed by atoms with E-state index in [-0.39, 0.29) is 0 Å². The predicted molar refractivity (Wildman–Crippen MR) is 82.1 cm³/mol. The van der Waals surface area contributed by atoms with Gasteiger partial charge >= 0.3 is 0 Å². The summed E-state index contributed by atoms with van der Waals surface area (Å²) in [7, 11) is 2.08. The van der Waals surface area contributed by atoms with Crippen molar-refractivity contribution in [3.05, 3.63) is 34.3 Å². The van der Waals surface area contributed by atoms with Crippen molar-refractivity contribution in [1.29, 1.82) is 0 Å². The monoisotopic (exact) mass is 276 g/mol. The molecule has 0 bridgehead atoms. The van der Waals surface area contributed by atoms with Crippen molar-refractivity contribution in [3.63, 3.8) is 0 Å². The summed E-state index contributed by atoms with van der Waals surface area (Å²) in [4.78, 5) is 12.3.